The Balaban J connectivity index is 1.46. The van der Waals surface area contributed by atoms with Crippen molar-refractivity contribution in [2.75, 3.05) is 9.91 Å². The molecule has 3 aliphatic heterocycles. The quantitative estimate of drug-likeness (QED) is 0.612. The van der Waals surface area contributed by atoms with E-state index in [0.717, 1.165) is 10.5 Å². The highest BCUT2D eigenvalue weighted by atomic mass is 19.1. The Morgan fingerprint density at radius 3 is 2.93 bits per heavy atom. The Kier molecular flexibility index (Phi) is 2.75. The van der Waals surface area contributed by atoms with Crippen LogP contribution in [-0.4, -0.2) is 37.9 Å². The molecule has 140 valence electrons. The summed E-state index contributed by atoms with van der Waals surface area (Å²) in [5.74, 6) is 0.746. The van der Waals surface area contributed by atoms with Gasteiger partial charge in [-0.1, -0.05) is 18.2 Å². The molecule has 2 aromatic rings. The fourth-order valence-corrected chi connectivity index (χ4v) is 3.68. The van der Waals surface area contributed by atoms with E-state index in [1.807, 2.05) is 24.4 Å². The van der Waals surface area contributed by atoms with Crippen LogP contribution in [0.1, 0.15) is 30.5 Å². The molecule has 1 aromatic heterocycles. The molecule has 0 bridgehead atoms. The van der Waals surface area contributed by atoms with Gasteiger partial charge in [0.1, 0.15) is 11.9 Å². The lowest BCUT2D eigenvalue weighted by Crippen LogP contribution is -2.49. The van der Waals surface area contributed by atoms with Crippen LogP contribution in [0, 0.1) is 11.5 Å². The van der Waals surface area contributed by atoms with Gasteiger partial charge in [-0.2, -0.15) is 14.6 Å². The van der Waals surface area contributed by atoms with Gasteiger partial charge in [-0.15, -0.1) is 0 Å². The van der Waals surface area contributed by atoms with Crippen molar-refractivity contribution in [2.45, 2.75) is 31.0 Å². The predicted octanol–water partition coefficient (Wildman–Crippen LogP) is 1.48. The van der Waals surface area contributed by atoms with E-state index in [4.69, 9.17) is 4.52 Å². The number of hydrazine groups is 1. The molecular formula is C17H13FN8O2. The number of anilines is 2. The summed E-state index contributed by atoms with van der Waals surface area (Å²) in [4.78, 5) is 11.2. The van der Waals surface area contributed by atoms with E-state index in [1.54, 1.807) is 11.1 Å². The van der Waals surface area contributed by atoms with Crippen LogP contribution in [0.4, 0.5) is 16.0 Å². The molecule has 1 fully saturated rings. The summed E-state index contributed by atoms with van der Waals surface area (Å²) in [7, 11) is 0. The summed E-state index contributed by atoms with van der Waals surface area (Å²) in [6, 6.07) is 7.32. The first-order chi connectivity index (χ1) is 13.6. The lowest BCUT2D eigenvalue weighted by atomic mass is 10.1. The molecule has 11 heteroatoms. The molecule has 0 amide bonds. The van der Waals surface area contributed by atoms with E-state index < -0.39 is 18.2 Å². The zero-order valence-corrected chi connectivity index (χ0v) is 14.3. The maximum atomic E-state index is 15.0. The van der Waals surface area contributed by atoms with Gasteiger partial charge >= 0.3 is 0 Å². The number of aliphatic imine (C=N–C) groups is 1. The average Bonchev–Trinajstić information content (AvgIpc) is 3.11. The van der Waals surface area contributed by atoms with E-state index in [9.17, 15) is 14.8 Å². The molecule has 0 radical (unpaired) electrons. The molecule has 1 aromatic carbocycles. The van der Waals surface area contributed by atoms with Crippen molar-refractivity contribution >= 4 is 18.0 Å². The Morgan fingerprint density at radius 2 is 2.14 bits per heavy atom. The molecule has 2 unspecified atom stereocenters. The molecule has 0 saturated heterocycles. The van der Waals surface area contributed by atoms with Crippen LogP contribution in [0.25, 0.3) is 0 Å². The first kappa shape index (κ1) is 15.4. The summed E-state index contributed by atoms with van der Waals surface area (Å²) >= 11 is 0. The number of benzene rings is 1. The zero-order valence-electron chi connectivity index (χ0n) is 14.3. The monoisotopic (exact) mass is 380 g/mol. The standard InChI is InChI=1S/C17H13FN8O2/c18-15-23(8-19)7-12-25(15)11-4-2-1-3-10(11)13-20-9-24(26(12)13)16-21-14(28-22-16)17(27)5-6-17/h1-4,7,9,13,15,27H,5-6H2. The van der Waals surface area contributed by atoms with E-state index in [2.05, 4.69) is 15.1 Å². The third-order valence-corrected chi connectivity index (χ3v) is 5.29. The van der Waals surface area contributed by atoms with Crippen LogP contribution in [-0.2, 0) is 5.60 Å². The number of aromatic nitrogens is 2. The Labute approximate surface area is 158 Å². The molecule has 4 aliphatic rings. The lowest BCUT2D eigenvalue weighted by molar-refractivity contribution is 0.108. The first-order valence-corrected chi connectivity index (χ1v) is 8.71. The van der Waals surface area contributed by atoms with Gasteiger partial charge in [0.25, 0.3) is 18.3 Å². The topological polar surface area (TPSA) is 108 Å². The highest BCUT2D eigenvalue weighted by molar-refractivity contribution is 5.80. The molecule has 0 spiro atoms. The second kappa shape index (κ2) is 4.99. The van der Waals surface area contributed by atoms with Crippen LogP contribution >= 0.6 is 0 Å². The van der Waals surface area contributed by atoms with E-state index in [1.165, 1.54) is 22.4 Å². The first-order valence-electron chi connectivity index (χ1n) is 8.71. The number of aliphatic hydroxyl groups is 1. The maximum absolute atomic E-state index is 15.0. The predicted molar refractivity (Wildman–Crippen MR) is 92.3 cm³/mol. The number of rotatable bonds is 2. The average molecular weight is 380 g/mol. The number of para-hydroxylation sites is 1. The third kappa shape index (κ3) is 1.84. The van der Waals surface area contributed by atoms with Crippen molar-refractivity contribution in [1.29, 1.82) is 5.26 Å². The van der Waals surface area contributed by atoms with Crippen molar-refractivity contribution in [1.82, 2.24) is 20.0 Å². The highest BCUT2D eigenvalue weighted by Gasteiger charge is 2.51. The van der Waals surface area contributed by atoms with Crippen LogP contribution < -0.4 is 9.91 Å². The number of nitrogens with zero attached hydrogens (tertiary/aromatic N) is 8. The summed E-state index contributed by atoms with van der Waals surface area (Å²) in [6.07, 6.45) is 3.80. The van der Waals surface area contributed by atoms with Crippen molar-refractivity contribution in [3.63, 3.8) is 0 Å². The summed E-state index contributed by atoms with van der Waals surface area (Å²) in [5, 5.41) is 26.7. The molecule has 10 nitrogen and oxygen atoms in total. The van der Waals surface area contributed by atoms with Gasteiger partial charge in [-0.3, -0.25) is 4.90 Å². The smallest absolute Gasteiger partial charge is 0.290 e. The Hall–Kier alpha value is -3.65. The van der Waals surface area contributed by atoms with E-state index in [0.29, 0.717) is 24.4 Å². The lowest BCUT2D eigenvalue weighted by Gasteiger charge is -2.42. The number of alkyl halides is 1. The van der Waals surface area contributed by atoms with Crippen molar-refractivity contribution < 1.29 is 14.0 Å². The molecule has 1 saturated carbocycles. The summed E-state index contributed by atoms with van der Waals surface area (Å²) in [6.45, 7) is 0. The Morgan fingerprint density at radius 1 is 1.32 bits per heavy atom. The fourth-order valence-electron chi connectivity index (χ4n) is 3.68. The minimum Gasteiger partial charge on any atom is -0.380 e. The van der Waals surface area contributed by atoms with Gasteiger partial charge in [-0.05, 0) is 24.1 Å². The van der Waals surface area contributed by atoms with Crippen molar-refractivity contribution in [2.24, 2.45) is 4.99 Å². The Bertz CT molecular complexity index is 1090. The van der Waals surface area contributed by atoms with Gasteiger partial charge in [-0.25, -0.2) is 19.9 Å². The summed E-state index contributed by atoms with van der Waals surface area (Å²) in [5.41, 5.74) is 0.363. The van der Waals surface area contributed by atoms with Gasteiger partial charge in [0.05, 0.1) is 11.9 Å². The number of fused-ring (bicyclic) bond motifs is 6. The molecular weight excluding hydrogens is 367 g/mol. The van der Waals surface area contributed by atoms with Gasteiger partial charge < -0.3 is 9.63 Å². The van der Waals surface area contributed by atoms with Crippen LogP contribution in [0.2, 0.25) is 0 Å². The van der Waals surface area contributed by atoms with Gasteiger partial charge in [0, 0.05) is 5.56 Å². The second-order valence-electron chi connectivity index (χ2n) is 6.99. The largest absolute Gasteiger partial charge is 0.380 e. The van der Waals surface area contributed by atoms with E-state index >= 15 is 0 Å². The number of hydrogen-bond acceptors (Lipinski definition) is 10. The van der Waals surface area contributed by atoms with Crippen LogP contribution in [0.5, 0.6) is 0 Å². The maximum Gasteiger partial charge on any atom is 0.290 e. The number of nitriles is 1. The SMILES string of the molecule is N#CN1C=C2N(c3ccccc3C3N=CN(c4noc(C5(O)CC5)n4)N23)C1F. The van der Waals surface area contributed by atoms with Crippen LogP contribution in [0.3, 0.4) is 0 Å². The van der Waals surface area contributed by atoms with Gasteiger partial charge in [0.2, 0.25) is 0 Å². The molecule has 4 heterocycles. The normalized spacial score (nSPS) is 26.0. The molecule has 1 N–H and O–H groups in total. The van der Waals surface area contributed by atoms with Crippen molar-refractivity contribution in [3.8, 4) is 6.19 Å². The summed E-state index contributed by atoms with van der Waals surface area (Å²) < 4.78 is 20.2. The molecule has 1 aliphatic carbocycles. The van der Waals surface area contributed by atoms with Crippen LogP contribution in [0.15, 0.2) is 45.8 Å². The number of halogens is 1. The zero-order chi connectivity index (χ0) is 19.0. The third-order valence-electron chi connectivity index (χ3n) is 5.29. The molecule has 28 heavy (non-hydrogen) atoms. The minimum absolute atomic E-state index is 0.149. The molecule has 2 atom stereocenters. The second-order valence-corrected chi connectivity index (χ2v) is 6.99. The van der Waals surface area contributed by atoms with Crippen molar-refractivity contribution in [3.05, 3.63) is 47.7 Å². The highest BCUT2D eigenvalue weighted by Crippen LogP contribution is 2.49. The van der Waals surface area contributed by atoms with E-state index in [-0.39, 0.29) is 11.8 Å². The minimum atomic E-state index is -1.67. The molecule has 6 rings (SSSR count). The fraction of sp³-hybridized carbons (Fsp3) is 0.294. The number of hydrogen-bond donors (Lipinski definition) is 1. The van der Waals surface area contributed by atoms with Gasteiger partial charge in [0.15, 0.2) is 18.2 Å².